The number of nitrogens with two attached hydrogens (primary N) is 1. The number of amides is 1. The van der Waals surface area contributed by atoms with Crippen LogP contribution in [0.25, 0.3) is 0 Å². The number of pyridine rings is 1. The number of hydrogen-bond acceptors (Lipinski definition) is 5. The normalized spacial score (nSPS) is 18.8. The van der Waals surface area contributed by atoms with Crippen molar-refractivity contribution in [3.05, 3.63) is 40.8 Å². The van der Waals surface area contributed by atoms with Gasteiger partial charge in [-0.25, -0.2) is 4.98 Å². The molecule has 162 valence electrons. The molecule has 2 aromatic rings. The molecule has 7 heteroatoms. The van der Waals surface area contributed by atoms with E-state index in [9.17, 15) is 4.79 Å². The molecule has 1 amide bonds. The Kier molecular flexibility index (Phi) is 5.82. The lowest BCUT2D eigenvalue weighted by Gasteiger charge is -2.32. The van der Waals surface area contributed by atoms with E-state index in [1.807, 2.05) is 23.2 Å². The molecule has 0 bridgehead atoms. The van der Waals surface area contributed by atoms with Gasteiger partial charge < -0.3 is 10.6 Å². The Balaban J connectivity index is 1.37. The Morgan fingerprint density at radius 1 is 1.17 bits per heavy atom. The Morgan fingerprint density at radius 2 is 1.87 bits per heavy atom. The van der Waals surface area contributed by atoms with Crippen molar-refractivity contribution in [1.29, 1.82) is 0 Å². The molecule has 2 aliphatic rings. The zero-order valence-electron chi connectivity index (χ0n) is 18.4. The first-order chi connectivity index (χ1) is 14.3. The molecule has 0 saturated carbocycles. The molecular weight excluding hydrogens is 376 g/mol. The molecule has 2 saturated heterocycles. The number of likely N-dealkylation sites (tertiary alicyclic amines) is 2. The minimum absolute atomic E-state index is 0.0219. The van der Waals surface area contributed by atoms with Crippen LogP contribution in [0, 0.1) is 0 Å². The summed E-state index contributed by atoms with van der Waals surface area (Å²) in [4.78, 5) is 21.6. The molecule has 30 heavy (non-hydrogen) atoms. The second-order valence-corrected chi connectivity index (χ2v) is 9.74. The molecule has 2 fully saturated rings. The maximum Gasteiger partial charge on any atom is 0.257 e. The summed E-state index contributed by atoms with van der Waals surface area (Å²) in [5, 5.41) is 7.45. The fourth-order valence-corrected chi connectivity index (χ4v) is 4.70. The fraction of sp³-hybridized carbons (Fsp3) is 0.609. The zero-order chi connectivity index (χ0) is 21.3. The van der Waals surface area contributed by atoms with Gasteiger partial charge in [-0.1, -0.05) is 20.8 Å². The first-order valence-electron chi connectivity index (χ1n) is 11.1. The Bertz CT molecular complexity index is 885. The van der Waals surface area contributed by atoms with Crippen molar-refractivity contribution in [3.63, 3.8) is 0 Å². The number of piperidine rings is 1. The number of rotatable bonds is 4. The highest BCUT2D eigenvalue weighted by Crippen LogP contribution is 2.30. The fourth-order valence-electron chi connectivity index (χ4n) is 4.70. The third-order valence-corrected chi connectivity index (χ3v) is 6.44. The number of aromatic amines is 1. The van der Waals surface area contributed by atoms with Gasteiger partial charge in [-0.2, -0.15) is 5.10 Å². The van der Waals surface area contributed by atoms with E-state index < -0.39 is 0 Å². The molecule has 0 unspecified atom stereocenters. The van der Waals surface area contributed by atoms with Gasteiger partial charge in [-0.15, -0.1) is 0 Å². The summed E-state index contributed by atoms with van der Waals surface area (Å²) in [5.74, 6) is 0.791. The number of carbonyl (C=O) groups excluding carboxylic acids is 1. The third-order valence-electron chi connectivity index (χ3n) is 6.44. The van der Waals surface area contributed by atoms with Crippen LogP contribution in [0.3, 0.4) is 0 Å². The smallest absolute Gasteiger partial charge is 0.257 e. The average molecular weight is 411 g/mol. The topological polar surface area (TPSA) is 91.1 Å². The van der Waals surface area contributed by atoms with E-state index in [4.69, 9.17) is 5.73 Å². The Morgan fingerprint density at radius 3 is 2.50 bits per heavy atom. The quantitative estimate of drug-likeness (QED) is 0.807. The van der Waals surface area contributed by atoms with Crippen molar-refractivity contribution >= 4 is 11.7 Å². The van der Waals surface area contributed by atoms with Crippen molar-refractivity contribution in [3.8, 4) is 0 Å². The molecule has 3 N–H and O–H groups in total. The van der Waals surface area contributed by atoms with Crippen LogP contribution in [-0.2, 0) is 12.0 Å². The van der Waals surface area contributed by atoms with Crippen LogP contribution in [-0.4, -0.2) is 57.1 Å². The summed E-state index contributed by atoms with van der Waals surface area (Å²) in [6.45, 7) is 11.3. The standard InChI is InChI=1S/C23H34N6O/c1-23(2,3)20-17(14-25-27-20)15-28-12-8-16(9-13-28)19-7-6-18(21(24)26-19)22(30)29-10-4-5-11-29/h6-7,14,16H,4-5,8-13,15H2,1-3H3,(H2,24,26)(H,25,27). The van der Waals surface area contributed by atoms with Crippen LogP contribution < -0.4 is 5.73 Å². The highest BCUT2D eigenvalue weighted by atomic mass is 16.2. The van der Waals surface area contributed by atoms with E-state index in [-0.39, 0.29) is 11.3 Å². The van der Waals surface area contributed by atoms with Crippen molar-refractivity contribution in [1.82, 2.24) is 25.0 Å². The summed E-state index contributed by atoms with van der Waals surface area (Å²) in [6.07, 6.45) is 6.21. The lowest BCUT2D eigenvalue weighted by Crippen LogP contribution is -2.33. The number of aromatic nitrogens is 3. The largest absolute Gasteiger partial charge is 0.383 e. The van der Waals surface area contributed by atoms with Gasteiger partial charge in [0.15, 0.2) is 0 Å². The van der Waals surface area contributed by atoms with Gasteiger partial charge in [-0.05, 0) is 50.9 Å². The SMILES string of the molecule is CC(C)(C)c1[nH]ncc1CN1CCC(c2ccc(C(=O)N3CCCC3)c(N)n2)CC1. The number of nitrogens with one attached hydrogen (secondary N) is 1. The van der Waals surface area contributed by atoms with Crippen LogP contribution >= 0.6 is 0 Å². The van der Waals surface area contributed by atoms with Crippen molar-refractivity contribution in [2.45, 2.75) is 64.3 Å². The molecular formula is C23H34N6O. The van der Waals surface area contributed by atoms with E-state index in [0.29, 0.717) is 17.3 Å². The Hall–Kier alpha value is -2.41. The number of carbonyl (C=O) groups is 1. The van der Waals surface area contributed by atoms with Gasteiger partial charge in [0, 0.05) is 47.9 Å². The summed E-state index contributed by atoms with van der Waals surface area (Å²) < 4.78 is 0. The highest BCUT2D eigenvalue weighted by Gasteiger charge is 2.27. The minimum atomic E-state index is 0.0219. The summed E-state index contributed by atoms with van der Waals surface area (Å²) in [7, 11) is 0. The van der Waals surface area contributed by atoms with E-state index in [0.717, 1.165) is 64.1 Å². The molecule has 0 atom stereocenters. The van der Waals surface area contributed by atoms with Crippen LogP contribution in [0.1, 0.15) is 79.7 Å². The maximum absolute atomic E-state index is 12.6. The lowest BCUT2D eigenvalue weighted by atomic mass is 9.88. The van der Waals surface area contributed by atoms with Gasteiger partial charge in [0.05, 0.1) is 11.8 Å². The van der Waals surface area contributed by atoms with Gasteiger partial charge >= 0.3 is 0 Å². The molecule has 4 heterocycles. The first kappa shape index (κ1) is 20.8. The van der Waals surface area contributed by atoms with E-state index in [1.54, 1.807) is 0 Å². The van der Waals surface area contributed by atoms with Gasteiger partial charge in [-0.3, -0.25) is 14.8 Å². The number of nitrogen functional groups attached to an aromatic ring is 1. The molecule has 4 rings (SSSR count). The van der Waals surface area contributed by atoms with Crippen molar-refractivity contribution in [2.75, 3.05) is 31.9 Å². The Labute approximate surface area is 179 Å². The van der Waals surface area contributed by atoms with E-state index >= 15 is 0 Å². The average Bonchev–Trinajstić information content (AvgIpc) is 3.40. The predicted octanol–water partition coefficient (Wildman–Crippen LogP) is 3.30. The van der Waals surface area contributed by atoms with Gasteiger partial charge in [0.2, 0.25) is 0 Å². The third kappa shape index (κ3) is 4.36. The van der Waals surface area contributed by atoms with Crippen LogP contribution in [0.4, 0.5) is 5.82 Å². The molecule has 7 nitrogen and oxygen atoms in total. The van der Waals surface area contributed by atoms with Crippen LogP contribution in [0.2, 0.25) is 0 Å². The first-order valence-corrected chi connectivity index (χ1v) is 11.1. The second kappa shape index (κ2) is 8.38. The molecule has 2 aromatic heterocycles. The van der Waals surface area contributed by atoms with E-state index in [2.05, 4.69) is 40.9 Å². The summed E-state index contributed by atoms with van der Waals surface area (Å²) >= 11 is 0. The monoisotopic (exact) mass is 410 g/mol. The number of hydrogen-bond donors (Lipinski definition) is 2. The number of anilines is 1. The van der Waals surface area contributed by atoms with E-state index in [1.165, 1.54) is 11.3 Å². The second-order valence-electron chi connectivity index (χ2n) is 9.74. The van der Waals surface area contributed by atoms with Crippen LogP contribution in [0.5, 0.6) is 0 Å². The predicted molar refractivity (Wildman–Crippen MR) is 118 cm³/mol. The molecule has 0 spiro atoms. The lowest BCUT2D eigenvalue weighted by molar-refractivity contribution is 0.0793. The van der Waals surface area contributed by atoms with Crippen molar-refractivity contribution in [2.24, 2.45) is 0 Å². The molecule has 0 aromatic carbocycles. The molecule has 0 aliphatic carbocycles. The summed E-state index contributed by atoms with van der Waals surface area (Å²) in [5.41, 5.74) is 10.3. The summed E-state index contributed by atoms with van der Waals surface area (Å²) in [6, 6.07) is 3.89. The molecule has 0 radical (unpaired) electrons. The zero-order valence-corrected chi connectivity index (χ0v) is 18.4. The van der Waals surface area contributed by atoms with Gasteiger partial charge in [0.25, 0.3) is 5.91 Å². The van der Waals surface area contributed by atoms with Crippen molar-refractivity contribution < 1.29 is 4.79 Å². The molecule has 2 aliphatic heterocycles. The minimum Gasteiger partial charge on any atom is -0.383 e. The van der Waals surface area contributed by atoms with Crippen LogP contribution in [0.15, 0.2) is 18.3 Å². The number of H-pyrrole nitrogens is 1. The highest BCUT2D eigenvalue weighted by molar-refractivity contribution is 5.98. The van der Waals surface area contributed by atoms with Gasteiger partial charge in [0.1, 0.15) is 5.82 Å². The number of nitrogens with zero attached hydrogens (tertiary/aromatic N) is 4. The maximum atomic E-state index is 12.6.